The number of nitrogens with two attached hydrogens (primary N) is 1. The molecule has 0 unspecified atom stereocenters. The molecule has 0 radical (unpaired) electrons. The lowest BCUT2D eigenvalue weighted by molar-refractivity contribution is -0.141. The van der Waals surface area contributed by atoms with Crippen molar-refractivity contribution in [2.45, 2.75) is 12.4 Å². The number of rotatable bonds is 2. The van der Waals surface area contributed by atoms with Crippen molar-refractivity contribution in [2.24, 2.45) is 7.05 Å². The number of hydrogen-bond acceptors (Lipinski definition) is 9. The van der Waals surface area contributed by atoms with Gasteiger partial charge in [0.05, 0.1) is 52.7 Å². The number of benzene rings is 1. The highest BCUT2D eigenvalue weighted by Crippen LogP contribution is 2.36. The first kappa shape index (κ1) is 35.9. The van der Waals surface area contributed by atoms with Crippen molar-refractivity contribution >= 4 is 48.0 Å². The second kappa shape index (κ2) is 12.7. The third kappa shape index (κ3) is 8.99. The summed E-state index contributed by atoms with van der Waals surface area (Å²) in [4.78, 5) is 24.5. The lowest BCUT2D eigenvalue weighted by Gasteiger charge is -2.12. The van der Waals surface area contributed by atoms with E-state index in [2.05, 4.69) is 15.0 Å². The molecule has 4 N–H and O–H groups in total. The summed E-state index contributed by atoms with van der Waals surface area (Å²) in [7, 11) is -5.87. The van der Waals surface area contributed by atoms with E-state index in [9.17, 15) is 48.0 Å². The van der Waals surface area contributed by atoms with E-state index in [1.807, 2.05) is 0 Å². The van der Waals surface area contributed by atoms with E-state index in [0.717, 1.165) is 24.4 Å². The van der Waals surface area contributed by atoms with Gasteiger partial charge in [0.25, 0.3) is 20.2 Å². The van der Waals surface area contributed by atoms with Crippen LogP contribution in [0.15, 0.2) is 59.8 Å². The molecule has 0 atom stereocenters. The molecule has 21 heteroatoms. The fourth-order valence-electron chi connectivity index (χ4n) is 3.96. The summed E-state index contributed by atoms with van der Waals surface area (Å²) in [6.45, 7) is 0. The van der Waals surface area contributed by atoms with Gasteiger partial charge in [0.1, 0.15) is 11.5 Å². The summed E-state index contributed by atoms with van der Waals surface area (Å²) < 4.78 is 133. The number of anilines is 1. The van der Waals surface area contributed by atoms with Crippen LogP contribution in [0.5, 0.6) is 0 Å². The number of hydrogen-bond donors (Lipinski definition) is 3. The number of aromatic nitrogens is 5. The number of aryl methyl sites for hydroxylation is 1. The summed E-state index contributed by atoms with van der Waals surface area (Å²) >= 11 is 0. The molecular formula is C25H22F6N6O7S2. The van der Waals surface area contributed by atoms with E-state index in [1.54, 1.807) is 12.1 Å². The Bertz CT molecular complexity index is 2150. The van der Waals surface area contributed by atoms with Crippen molar-refractivity contribution in [3.63, 3.8) is 0 Å². The monoisotopic (exact) mass is 696 g/mol. The van der Waals surface area contributed by atoms with Crippen molar-refractivity contribution in [1.82, 2.24) is 24.1 Å². The molecule has 0 saturated heterocycles. The molecule has 248 valence electrons. The molecule has 0 fully saturated rings. The summed E-state index contributed by atoms with van der Waals surface area (Å²) in [6.07, 6.45) is -4.39. The molecule has 0 spiro atoms. The molecule has 4 heterocycles. The molecule has 5 aromatic rings. The van der Waals surface area contributed by atoms with Crippen LogP contribution in [0.25, 0.3) is 38.8 Å². The number of nitrogens with zero attached hydrogens (tertiary/aromatic N) is 5. The van der Waals surface area contributed by atoms with Crippen LogP contribution in [0.3, 0.4) is 0 Å². The van der Waals surface area contributed by atoms with Gasteiger partial charge < -0.3 is 5.73 Å². The van der Waals surface area contributed by atoms with Gasteiger partial charge in [-0.2, -0.15) is 43.2 Å². The second-order valence-corrected chi connectivity index (χ2v) is 12.4. The van der Waals surface area contributed by atoms with Gasteiger partial charge in [-0.25, -0.2) is 14.8 Å². The standard InChI is InChI=1S/C23H14F6N6O.2CH4O3S/c1-34-17-10-31-16-4-2-11(12-7-15(22(24,25)26)20(30)33-8-12)6-14(16)19(17)35(21(34)36)13-3-5-18(32-9-13)23(27,28)29;2*1-5(2,3)4/h2-10H,1H3,(H2,30,33);2*1H3,(H,2,3,4). The summed E-state index contributed by atoms with van der Waals surface area (Å²) in [5.41, 5.74) is 4.22. The predicted molar refractivity (Wildman–Crippen MR) is 154 cm³/mol. The first-order valence-corrected chi connectivity index (χ1v) is 15.8. The number of halogens is 6. The van der Waals surface area contributed by atoms with E-state index < -0.39 is 55.4 Å². The predicted octanol–water partition coefficient (Wildman–Crippen LogP) is 3.96. The zero-order valence-electron chi connectivity index (χ0n) is 23.5. The third-order valence-electron chi connectivity index (χ3n) is 5.74. The molecule has 4 aromatic heterocycles. The maximum atomic E-state index is 13.3. The van der Waals surface area contributed by atoms with Gasteiger partial charge in [-0.1, -0.05) is 6.07 Å². The Kier molecular flexibility index (Phi) is 9.87. The second-order valence-electron chi connectivity index (χ2n) is 9.42. The Morgan fingerprint density at radius 3 is 1.87 bits per heavy atom. The molecular weight excluding hydrogens is 674 g/mol. The van der Waals surface area contributed by atoms with Crippen molar-refractivity contribution < 1.29 is 52.3 Å². The van der Waals surface area contributed by atoms with Crippen LogP contribution in [0.2, 0.25) is 0 Å². The Morgan fingerprint density at radius 2 is 1.37 bits per heavy atom. The van der Waals surface area contributed by atoms with Crippen LogP contribution in [0.1, 0.15) is 11.3 Å². The average molecular weight is 697 g/mol. The highest BCUT2D eigenvalue weighted by Gasteiger charge is 2.34. The average Bonchev–Trinajstić information content (AvgIpc) is 3.15. The van der Waals surface area contributed by atoms with Crippen molar-refractivity contribution in [3.05, 3.63) is 76.7 Å². The van der Waals surface area contributed by atoms with Gasteiger partial charge in [-0.15, -0.1) is 0 Å². The molecule has 0 bridgehead atoms. The van der Waals surface area contributed by atoms with Crippen molar-refractivity contribution in [2.75, 3.05) is 18.2 Å². The highest BCUT2D eigenvalue weighted by atomic mass is 32.2. The molecule has 0 saturated carbocycles. The van der Waals surface area contributed by atoms with E-state index in [0.29, 0.717) is 40.0 Å². The van der Waals surface area contributed by atoms with Crippen molar-refractivity contribution in [1.29, 1.82) is 0 Å². The van der Waals surface area contributed by atoms with Gasteiger partial charge in [0.15, 0.2) is 0 Å². The molecule has 46 heavy (non-hydrogen) atoms. The maximum absolute atomic E-state index is 13.3. The van der Waals surface area contributed by atoms with Crippen LogP contribution in [-0.2, 0) is 39.6 Å². The van der Waals surface area contributed by atoms with E-state index in [1.165, 1.54) is 34.6 Å². The zero-order valence-corrected chi connectivity index (χ0v) is 25.2. The fourth-order valence-corrected chi connectivity index (χ4v) is 3.96. The lowest BCUT2D eigenvalue weighted by Crippen LogP contribution is -2.21. The molecule has 5 rings (SSSR count). The molecule has 13 nitrogen and oxygen atoms in total. The summed E-state index contributed by atoms with van der Waals surface area (Å²) in [6, 6.07) is 7.38. The van der Waals surface area contributed by atoms with Crippen molar-refractivity contribution in [3.8, 4) is 16.8 Å². The molecule has 0 amide bonds. The quantitative estimate of drug-likeness (QED) is 0.178. The van der Waals surface area contributed by atoms with Gasteiger partial charge in [-0.05, 0) is 35.9 Å². The number of fused-ring (bicyclic) bond motifs is 3. The summed E-state index contributed by atoms with van der Waals surface area (Å²) in [5.74, 6) is -0.664. The minimum atomic E-state index is -4.71. The van der Waals surface area contributed by atoms with Crippen LogP contribution in [0, 0.1) is 0 Å². The van der Waals surface area contributed by atoms with Crippen LogP contribution >= 0.6 is 0 Å². The minimum Gasteiger partial charge on any atom is -0.383 e. The number of imidazole rings is 1. The first-order chi connectivity index (χ1) is 20.9. The molecule has 0 aliphatic rings. The highest BCUT2D eigenvalue weighted by molar-refractivity contribution is 7.85. The Hall–Kier alpha value is -4.60. The van der Waals surface area contributed by atoms with E-state index in [4.69, 9.17) is 14.8 Å². The van der Waals surface area contributed by atoms with Crippen LogP contribution in [0.4, 0.5) is 32.2 Å². The van der Waals surface area contributed by atoms with Crippen LogP contribution in [-0.4, -0.2) is 62.5 Å². The normalized spacial score (nSPS) is 12.3. The van der Waals surface area contributed by atoms with E-state index >= 15 is 0 Å². The van der Waals surface area contributed by atoms with Crippen LogP contribution < -0.4 is 11.4 Å². The largest absolute Gasteiger partial charge is 0.433 e. The number of alkyl halides is 6. The molecule has 0 aliphatic carbocycles. The Morgan fingerprint density at radius 1 is 0.783 bits per heavy atom. The topological polar surface area (TPSA) is 200 Å². The maximum Gasteiger partial charge on any atom is 0.433 e. The van der Waals surface area contributed by atoms with Gasteiger partial charge in [0.2, 0.25) is 0 Å². The third-order valence-corrected chi connectivity index (χ3v) is 5.74. The minimum absolute atomic E-state index is 0.0741. The molecule has 0 aliphatic heterocycles. The van der Waals surface area contributed by atoms with Gasteiger partial charge >= 0.3 is 18.0 Å². The lowest BCUT2D eigenvalue weighted by atomic mass is 10.0. The first-order valence-electron chi connectivity index (χ1n) is 12.1. The number of pyridine rings is 3. The SMILES string of the molecule is CS(=O)(=O)O.CS(=O)(=O)O.Cn1c(=O)n(-c2ccc(C(F)(F)F)nc2)c2c3cc(-c4cnc(N)c(C(F)(F)F)c4)ccc3ncc21. The summed E-state index contributed by atoms with van der Waals surface area (Å²) in [5, 5.41) is 0.382. The Labute approximate surface area is 255 Å². The number of nitrogen functional groups attached to an aromatic ring is 1. The van der Waals surface area contributed by atoms with Gasteiger partial charge in [0, 0.05) is 24.2 Å². The zero-order chi connectivity index (χ0) is 35.0. The Balaban J connectivity index is 0.000000503. The van der Waals surface area contributed by atoms with E-state index in [-0.39, 0.29) is 11.3 Å². The fraction of sp³-hybridized carbons (Fsp3) is 0.200. The van der Waals surface area contributed by atoms with Gasteiger partial charge in [-0.3, -0.25) is 23.2 Å². The molecule has 1 aromatic carbocycles. The smallest absolute Gasteiger partial charge is 0.383 e.